The zero-order valence-electron chi connectivity index (χ0n) is 34.2. The van der Waals surface area contributed by atoms with Crippen molar-refractivity contribution in [1.82, 2.24) is 0 Å². The van der Waals surface area contributed by atoms with Crippen molar-refractivity contribution in [1.29, 1.82) is 0 Å². The Balaban J connectivity index is 1.18. The fraction of sp³-hybridized carbons (Fsp3) is 0.345. The van der Waals surface area contributed by atoms with Crippen molar-refractivity contribution in [2.24, 2.45) is 5.92 Å². The molecule has 0 fully saturated rings. The average Bonchev–Trinajstić information content (AvgIpc) is 3.46. The van der Waals surface area contributed by atoms with Crippen LogP contribution >= 0.6 is 0 Å². The summed E-state index contributed by atoms with van der Waals surface area (Å²) in [5, 5.41) is 2.77. The number of hydrogen-bond donors (Lipinski definition) is 0. The highest BCUT2D eigenvalue weighted by Crippen LogP contribution is 2.58. The molecule has 5 aromatic carbocycles. The summed E-state index contributed by atoms with van der Waals surface area (Å²) in [6.07, 6.45) is 21.0. The van der Waals surface area contributed by atoms with Gasteiger partial charge in [0.25, 0.3) is 0 Å². The molecule has 0 heteroatoms. The fourth-order valence-corrected chi connectivity index (χ4v) is 10.5. The molecule has 5 aromatic rings. The van der Waals surface area contributed by atoms with Crippen LogP contribution in [0.15, 0.2) is 133 Å². The summed E-state index contributed by atoms with van der Waals surface area (Å²) < 4.78 is 0. The van der Waals surface area contributed by atoms with Crippen molar-refractivity contribution in [3.63, 3.8) is 0 Å². The lowest BCUT2D eigenvalue weighted by Crippen LogP contribution is -2.28. The van der Waals surface area contributed by atoms with E-state index >= 15 is 0 Å². The molecule has 4 aliphatic carbocycles. The first-order valence-corrected chi connectivity index (χ1v) is 21.2. The van der Waals surface area contributed by atoms with Gasteiger partial charge in [0.1, 0.15) is 0 Å². The maximum Gasteiger partial charge on any atom is 0.0463 e. The van der Waals surface area contributed by atoms with Gasteiger partial charge in [-0.25, -0.2) is 0 Å². The SMILES string of the molecule is CCCCCCCCC1(c2ccc(C3=CC4c5cccc6cccc(c56)C5=CC=CC(=C3)C54)cc2)c2cc(C(C)(C)C)ccc2-c2ccc(C(C)(C)C)cc21. The fourth-order valence-electron chi connectivity index (χ4n) is 10.5. The molecule has 0 spiro atoms. The molecule has 0 N–H and O–H groups in total. The molecule has 2 atom stereocenters. The molecule has 0 heterocycles. The molecule has 0 bridgehead atoms. The van der Waals surface area contributed by atoms with Crippen LogP contribution in [0.5, 0.6) is 0 Å². The van der Waals surface area contributed by atoms with Crippen molar-refractivity contribution in [2.75, 3.05) is 0 Å². The summed E-state index contributed by atoms with van der Waals surface area (Å²) in [5.74, 6) is 0.693. The Labute approximate surface area is 330 Å². The van der Waals surface area contributed by atoms with Gasteiger partial charge in [-0.15, -0.1) is 0 Å². The number of unbranched alkanes of at least 4 members (excludes halogenated alkanes) is 5. The standard InChI is InChI=1S/C55H58/c1-8-9-10-11-12-13-31-55(49-34-41(53(2,3)4)27-29-43(49)44-30-28-42(35-50(44)55)54(5,6)7)40-25-23-36(24-26-40)39-32-38-19-16-21-46-45-20-14-17-37-18-15-22-47(51(37)45)48(33-39)52(38)46/h14-30,32-35,48,52H,8-13,31H2,1-7H3. The van der Waals surface area contributed by atoms with Crippen molar-refractivity contribution in [3.05, 3.63) is 178 Å². The molecule has 9 rings (SSSR count). The van der Waals surface area contributed by atoms with Crippen LogP contribution < -0.4 is 0 Å². The van der Waals surface area contributed by atoms with Gasteiger partial charge in [-0.2, -0.15) is 0 Å². The Bertz CT molecular complexity index is 2350. The van der Waals surface area contributed by atoms with Crippen molar-refractivity contribution in [2.45, 2.75) is 116 Å². The number of allylic oxidation sites excluding steroid dienone is 8. The van der Waals surface area contributed by atoms with Gasteiger partial charge in [0.05, 0.1) is 0 Å². The van der Waals surface area contributed by atoms with Crippen LogP contribution in [-0.4, -0.2) is 0 Å². The van der Waals surface area contributed by atoms with Crippen LogP contribution in [0.4, 0.5) is 0 Å². The highest BCUT2D eigenvalue weighted by atomic mass is 14.5. The Morgan fingerprint density at radius 1 is 0.636 bits per heavy atom. The van der Waals surface area contributed by atoms with E-state index < -0.39 is 0 Å². The molecular weight excluding hydrogens is 661 g/mol. The zero-order valence-corrected chi connectivity index (χ0v) is 34.2. The van der Waals surface area contributed by atoms with Gasteiger partial charge in [0.15, 0.2) is 0 Å². The van der Waals surface area contributed by atoms with E-state index in [1.54, 1.807) is 0 Å². The molecule has 55 heavy (non-hydrogen) atoms. The summed E-state index contributed by atoms with van der Waals surface area (Å²) in [5.41, 5.74) is 18.5. The quantitative estimate of drug-likeness (QED) is 0.133. The van der Waals surface area contributed by atoms with Crippen LogP contribution in [-0.2, 0) is 16.2 Å². The van der Waals surface area contributed by atoms with Gasteiger partial charge in [0.2, 0.25) is 0 Å². The van der Waals surface area contributed by atoms with E-state index in [2.05, 4.69) is 176 Å². The monoisotopic (exact) mass is 718 g/mol. The lowest BCUT2D eigenvalue weighted by Gasteiger charge is -2.39. The second-order valence-electron chi connectivity index (χ2n) is 19.0. The average molecular weight is 719 g/mol. The van der Waals surface area contributed by atoms with Crippen LogP contribution in [0.25, 0.3) is 33.0 Å². The van der Waals surface area contributed by atoms with Crippen LogP contribution in [0.1, 0.15) is 144 Å². The second-order valence-corrected chi connectivity index (χ2v) is 19.0. The lowest BCUT2D eigenvalue weighted by atomic mass is 9.64. The van der Waals surface area contributed by atoms with Gasteiger partial charge in [0, 0.05) is 17.3 Å². The van der Waals surface area contributed by atoms with E-state index in [0.29, 0.717) is 11.8 Å². The molecule has 2 unspecified atom stereocenters. The summed E-state index contributed by atoms with van der Waals surface area (Å²) in [7, 11) is 0. The summed E-state index contributed by atoms with van der Waals surface area (Å²) in [6.45, 7) is 16.5. The smallest absolute Gasteiger partial charge is 0.0463 e. The predicted octanol–water partition coefficient (Wildman–Crippen LogP) is 15.2. The van der Waals surface area contributed by atoms with E-state index in [1.807, 2.05) is 0 Å². The molecule has 0 amide bonds. The van der Waals surface area contributed by atoms with Gasteiger partial charge >= 0.3 is 0 Å². The molecule has 0 aromatic heterocycles. The Hall–Kier alpha value is -4.68. The first-order valence-electron chi connectivity index (χ1n) is 21.2. The minimum atomic E-state index is -0.199. The molecule has 0 nitrogen and oxygen atoms in total. The molecular formula is C55H58. The Morgan fingerprint density at radius 2 is 1.27 bits per heavy atom. The van der Waals surface area contributed by atoms with Crippen LogP contribution in [0.3, 0.4) is 0 Å². The highest BCUT2D eigenvalue weighted by Gasteiger charge is 2.45. The Morgan fingerprint density at radius 3 is 1.93 bits per heavy atom. The topological polar surface area (TPSA) is 0 Å². The van der Waals surface area contributed by atoms with Gasteiger partial charge in [-0.05, 0) is 100 Å². The van der Waals surface area contributed by atoms with Gasteiger partial charge in [-0.3, -0.25) is 0 Å². The van der Waals surface area contributed by atoms with E-state index in [-0.39, 0.29) is 16.2 Å². The molecule has 4 aliphatic rings. The molecule has 0 radical (unpaired) electrons. The van der Waals surface area contributed by atoms with Gasteiger partial charge < -0.3 is 0 Å². The third-order valence-electron chi connectivity index (χ3n) is 13.5. The first-order chi connectivity index (χ1) is 26.5. The highest BCUT2D eigenvalue weighted by molar-refractivity contribution is 6.02. The number of rotatable bonds is 9. The minimum absolute atomic E-state index is 0.0710. The molecule has 278 valence electrons. The Kier molecular flexibility index (Phi) is 8.84. The molecule has 0 saturated heterocycles. The van der Waals surface area contributed by atoms with Crippen molar-refractivity contribution >= 4 is 21.9 Å². The van der Waals surface area contributed by atoms with Gasteiger partial charge in [-0.1, -0.05) is 214 Å². The normalized spacial score (nSPS) is 19.0. The third kappa shape index (κ3) is 5.94. The number of benzene rings is 5. The van der Waals surface area contributed by atoms with E-state index in [1.165, 1.54) is 122 Å². The summed E-state index contributed by atoms with van der Waals surface area (Å²) in [6, 6.07) is 38.5. The van der Waals surface area contributed by atoms with E-state index in [9.17, 15) is 0 Å². The molecule has 0 aliphatic heterocycles. The maximum atomic E-state index is 2.59. The maximum absolute atomic E-state index is 2.59. The van der Waals surface area contributed by atoms with E-state index in [0.717, 1.165) is 6.42 Å². The summed E-state index contributed by atoms with van der Waals surface area (Å²) in [4.78, 5) is 0. The predicted molar refractivity (Wildman–Crippen MR) is 237 cm³/mol. The van der Waals surface area contributed by atoms with Crippen LogP contribution in [0, 0.1) is 5.92 Å². The first kappa shape index (κ1) is 36.0. The summed E-state index contributed by atoms with van der Waals surface area (Å²) >= 11 is 0. The number of fused-ring (bicyclic) bond motifs is 5. The third-order valence-corrected chi connectivity index (χ3v) is 13.5. The number of hydrogen-bond acceptors (Lipinski definition) is 0. The lowest BCUT2D eigenvalue weighted by molar-refractivity contribution is 0.502. The zero-order chi connectivity index (χ0) is 38.1. The van der Waals surface area contributed by atoms with Crippen molar-refractivity contribution < 1.29 is 0 Å². The van der Waals surface area contributed by atoms with Crippen molar-refractivity contribution in [3.8, 4) is 11.1 Å². The van der Waals surface area contributed by atoms with Crippen LogP contribution in [0.2, 0.25) is 0 Å². The largest absolute Gasteiger partial charge is 0.0682 e. The van der Waals surface area contributed by atoms with E-state index in [4.69, 9.17) is 0 Å². The minimum Gasteiger partial charge on any atom is -0.0682 e. The second kappa shape index (κ2) is 13.5. The molecule has 0 saturated carbocycles.